The second kappa shape index (κ2) is 10.4. The molecule has 244 valence electrons. The van der Waals surface area contributed by atoms with Crippen LogP contribution in [0.5, 0.6) is 11.5 Å². The van der Waals surface area contributed by atoms with E-state index in [2.05, 4.69) is 153 Å². The van der Waals surface area contributed by atoms with Gasteiger partial charge in [-0.15, -0.1) is 0 Å². The van der Waals surface area contributed by atoms with Crippen molar-refractivity contribution in [2.75, 3.05) is 0 Å². The molecule has 0 amide bonds. The number of aliphatic imine (C=N–C) groups is 1. The van der Waals surface area contributed by atoms with Crippen LogP contribution in [-0.2, 0) is 12.0 Å². The molecule has 0 N–H and O–H groups in total. The summed E-state index contributed by atoms with van der Waals surface area (Å²) in [6.07, 6.45) is 1.91. The van der Waals surface area contributed by atoms with Crippen LogP contribution < -0.4 is 4.74 Å². The van der Waals surface area contributed by atoms with Crippen LogP contribution in [0.4, 0.5) is 0 Å². The van der Waals surface area contributed by atoms with Crippen molar-refractivity contribution in [3.05, 3.63) is 165 Å². The van der Waals surface area contributed by atoms with E-state index in [1.54, 1.807) is 0 Å². The predicted octanol–water partition coefficient (Wildman–Crippen LogP) is 10.6. The van der Waals surface area contributed by atoms with Crippen molar-refractivity contribution >= 4 is 27.6 Å². The van der Waals surface area contributed by atoms with Crippen molar-refractivity contribution < 1.29 is 4.74 Å². The van der Waals surface area contributed by atoms with Gasteiger partial charge < -0.3 is 9.64 Å². The van der Waals surface area contributed by atoms with Gasteiger partial charge in [0.2, 0.25) is 0 Å². The Hall–Kier alpha value is -5.68. The summed E-state index contributed by atoms with van der Waals surface area (Å²) in [6.45, 7) is 12.0. The first-order valence-corrected chi connectivity index (χ1v) is 17.6. The van der Waals surface area contributed by atoms with Gasteiger partial charge in [0, 0.05) is 46.1 Å². The first-order valence-electron chi connectivity index (χ1n) is 17.6. The highest BCUT2D eigenvalue weighted by molar-refractivity contribution is 6.12. The fourth-order valence-electron chi connectivity index (χ4n) is 8.89. The van der Waals surface area contributed by atoms with Crippen LogP contribution >= 0.6 is 0 Å². The van der Waals surface area contributed by atoms with Gasteiger partial charge in [0.1, 0.15) is 29.2 Å². The maximum absolute atomic E-state index is 6.87. The Kier molecular flexibility index (Phi) is 6.09. The van der Waals surface area contributed by atoms with Crippen LogP contribution in [0.1, 0.15) is 76.0 Å². The Bertz CT molecular complexity index is 2580. The number of rotatable bonds is 4. The van der Waals surface area contributed by atoms with Crippen LogP contribution in [-0.4, -0.2) is 20.3 Å². The smallest absolute Gasteiger partial charge is 0.141 e. The summed E-state index contributed by atoms with van der Waals surface area (Å²) >= 11 is 0. The largest absolute Gasteiger partial charge is 0.457 e. The molecule has 0 saturated heterocycles. The van der Waals surface area contributed by atoms with Crippen LogP contribution in [0.25, 0.3) is 27.6 Å². The number of ether oxygens (including phenoxy) is 1. The van der Waals surface area contributed by atoms with E-state index < -0.39 is 0 Å². The van der Waals surface area contributed by atoms with Gasteiger partial charge in [0.05, 0.1) is 17.1 Å². The lowest BCUT2D eigenvalue weighted by atomic mass is 9.75. The van der Waals surface area contributed by atoms with E-state index in [9.17, 15) is 0 Å². The minimum Gasteiger partial charge on any atom is -0.457 e. The average Bonchev–Trinajstić information content (AvgIpc) is 3.77. The molecule has 2 atom stereocenters. The van der Waals surface area contributed by atoms with Crippen LogP contribution in [0, 0.1) is 20.8 Å². The Morgan fingerprint density at radius 3 is 2.42 bits per heavy atom. The van der Waals surface area contributed by atoms with E-state index in [4.69, 9.17) is 14.7 Å². The molecule has 0 aliphatic carbocycles. The van der Waals surface area contributed by atoms with Crippen molar-refractivity contribution in [3.8, 4) is 17.3 Å². The zero-order valence-corrected chi connectivity index (χ0v) is 29.0. The molecule has 3 aliphatic heterocycles. The van der Waals surface area contributed by atoms with E-state index in [-0.39, 0.29) is 17.5 Å². The summed E-state index contributed by atoms with van der Waals surface area (Å²) in [5, 5.41) is 2.49. The highest BCUT2D eigenvalue weighted by atomic mass is 16.5. The minimum atomic E-state index is -0.164. The van der Waals surface area contributed by atoms with Gasteiger partial charge in [-0.1, -0.05) is 86.1 Å². The average molecular weight is 651 g/mol. The zero-order chi connectivity index (χ0) is 33.9. The number of hydrogen-bond donors (Lipinski definition) is 0. The normalized spacial score (nSPS) is 18.3. The molecule has 2 aromatic heterocycles. The number of aryl methyl sites for hydroxylation is 3. The SMILES string of the molecule is Cc1cc(Oc2cc3c(cc2C)c2cc(C)cc4c2n3-c2ncccc2C4(C)C)cc(C2=N[C@H](c3ccccc3)[C@@H]3c4ccccc4CN23)c1. The summed E-state index contributed by atoms with van der Waals surface area (Å²) in [6, 6.07) is 39.8. The third-order valence-electron chi connectivity index (χ3n) is 11.2. The fourth-order valence-corrected chi connectivity index (χ4v) is 8.89. The molecule has 10 rings (SSSR count). The lowest BCUT2D eigenvalue weighted by Gasteiger charge is -2.34. The zero-order valence-electron chi connectivity index (χ0n) is 29.0. The molecule has 0 saturated carbocycles. The summed E-state index contributed by atoms with van der Waals surface area (Å²) in [5.74, 6) is 3.68. The number of nitrogens with zero attached hydrogens (tertiary/aromatic N) is 4. The first kappa shape index (κ1) is 29.3. The highest BCUT2D eigenvalue weighted by Gasteiger charge is 2.43. The molecular weight excluding hydrogens is 613 g/mol. The molecule has 5 nitrogen and oxygen atoms in total. The second-order valence-electron chi connectivity index (χ2n) is 14.9. The number of fused-ring (bicyclic) bond motifs is 8. The van der Waals surface area contributed by atoms with Crippen molar-refractivity contribution in [2.45, 2.75) is 58.7 Å². The van der Waals surface area contributed by atoms with Gasteiger partial charge in [-0.2, -0.15) is 0 Å². The lowest BCUT2D eigenvalue weighted by molar-refractivity contribution is 0.341. The van der Waals surface area contributed by atoms with Gasteiger partial charge in [0.25, 0.3) is 0 Å². The van der Waals surface area contributed by atoms with Gasteiger partial charge in [-0.3, -0.25) is 9.56 Å². The van der Waals surface area contributed by atoms with Crippen molar-refractivity contribution in [1.29, 1.82) is 0 Å². The Morgan fingerprint density at radius 2 is 1.56 bits per heavy atom. The Labute approximate surface area is 292 Å². The first-order chi connectivity index (χ1) is 24.3. The van der Waals surface area contributed by atoms with E-state index in [1.807, 2.05) is 6.20 Å². The number of benzene rings is 5. The molecule has 0 spiro atoms. The standard InChI is InChI=1S/C45H38N4O/c1-26-18-31(43-47-40(29-12-7-6-8-13-29)42-33-15-10-9-14-30(33)25-48(42)43)23-32(19-26)50-39-24-38-34(22-28(39)3)35-20-27(2)21-37-41(35)49(38)44-36(45(37,4)5)16-11-17-46-44/h6-24,40,42H,25H2,1-5H3/t40-,42+/m1/s1. The molecular formula is C45H38N4O. The molecule has 0 bridgehead atoms. The summed E-state index contributed by atoms with van der Waals surface area (Å²) in [7, 11) is 0. The Morgan fingerprint density at radius 1 is 0.760 bits per heavy atom. The highest BCUT2D eigenvalue weighted by Crippen LogP contribution is 2.50. The summed E-state index contributed by atoms with van der Waals surface area (Å²) in [4.78, 5) is 12.9. The number of aromatic nitrogens is 2. The monoisotopic (exact) mass is 650 g/mol. The number of hydrogen-bond acceptors (Lipinski definition) is 4. The quantitative estimate of drug-likeness (QED) is 0.190. The Balaban J connectivity index is 1.10. The van der Waals surface area contributed by atoms with Gasteiger partial charge in [0.15, 0.2) is 0 Å². The third-order valence-corrected chi connectivity index (χ3v) is 11.2. The molecule has 0 fully saturated rings. The molecule has 7 aromatic rings. The van der Waals surface area contributed by atoms with Gasteiger partial charge >= 0.3 is 0 Å². The van der Waals surface area contributed by atoms with E-state index in [0.29, 0.717) is 0 Å². The molecule has 5 heterocycles. The molecule has 50 heavy (non-hydrogen) atoms. The lowest BCUT2D eigenvalue weighted by Crippen LogP contribution is -2.27. The molecule has 5 aromatic carbocycles. The fraction of sp³-hybridized carbons (Fsp3) is 0.200. The maximum atomic E-state index is 6.87. The van der Waals surface area contributed by atoms with Crippen molar-refractivity contribution in [1.82, 2.24) is 14.5 Å². The molecule has 0 unspecified atom stereocenters. The van der Waals surface area contributed by atoms with Crippen molar-refractivity contribution in [3.63, 3.8) is 0 Å². The van der Waals surface area contributed by atoms with E-state index in [0.717, 1.165) is 51.9 Å². The maximum Gasteiger partial charge on any atom is 0.141 e. The van der Waals surface area contributed by atoms with Crippen molar-refractivity contribution in [2.24, 2.45) is 4.99 Å². The molecule has 3 aliphatic rings. The number of pyridine rings is 1. The minimum absolute atomic E-state index is 0.0276. The van der Waals surface area contributed by atoms with Crippen LogP contribution in [0.3, 0.4) is 0 Å². The number of amidine groups is 1. The third kappa shape index (κ3) is 4.13. The van der Waals surface area contributed by atoms with Crippen LogP contribution in [0.2, 0.25) is 0 Å². The molecule has 5 heteroatoms. The van der Waals surface area contributed by atoms with E-state index >= 15 is 0 Å². The second-order valence-corrected chi connectivity index (χ2v) is 14.9. The van der Waals surface area contributed by atoms with Gasteiger partial charge in [-0.25, -0.2) is 4.98 Å². The summed E-state index contributed by atoms with van der Waals surface area (Å²) in [5.41, 5.74) is 13.3. The summed E-state index contributed by atoms with van der Waals surface area (Å²) < 4.78 is 9.23. The van der Waals surface area contributed by atoms with Gasteiger partial charge in [-0.05, 0) is 90.6 Å². The van der Waals surface area contributed by atoms with Crippen LogP contribution in [0.15, 0.2) is 120 Å². The molecule has 0 radical (unpaired) electrons. The topological polar surface area (TPSA) is 42.6 Å². The van der Waals surface area contributed by atoms with E-state index in [1.165, 1.54) is 49.7 Å². The predicted molar refractivity (Wildman–Crippen MR) is 202 cm³/mol.